The lowest BCUT2D eigenvalue weighted by Gasteiger charge is -2.27. The standard InChI is InChI=1S/C16H18N6O2/c1-23-16-12(3-2-6-17-16)19-15-11-18-13-4-5-14(20-22(13)15)21-7-9-24-10-8-21/h2-6,11,19H,7-10H2,1H3. The number of pyridine rings is 1. The first-order valence-electron chi connectivity index (χ1n) is 7.78. The first-order chi connectivity index (χ1) is 11.8. The average Bonchev–Trinajstić information content (AvgIpc) is 3.05. The summed E-state index contributed by atoms with van der Waals surface area (Å²) in [5.41, 5.74) is 1.54. The molecule has 0 unspecified atom stereocenters. The molecule has 0 atom stereocenters. The Balaban J connectivity index is 1.68. The second kappa shape index (κ2) is 6.32. The molecule has 0 aromatic carbocycles. The molecule has 0 saturated carbocycles. The van der Waals surface area contributed by atoms with Gasteiger partial charge < -0.3 is 19.7 Å². The lowest BCUT2D eigenvalue weighted by Crippen LogP contribution is -2.37. The number of fused-ring (bicyclic) bond motifs is 1. The van der Waals surface area contributed by atoms with E-state index in [2.05, 4.69) is 20.2 Å². The van der Waals surface area contributed by atoms with E-state index in [1.54, 1.807) is 24.0 Å². The predicted octanol–water partition coefficient (Wildman–Crippen LogP) is 1.71. The van der Waals surface area contributed by atoms with Crippen LogP contribution in [0.15, 0.2) is 36.7 Å². The third-order valence-corrected chi connectivity index (χ3v) is 3.91. The molecule has 0 radical (unpaired) electrons. The topological polar surface area (TPSA) is 76.8 Å². The quantitative estimate of drug-likeness (QED) is 0.782. The summed E-state index contributed by atoms with van der Waals surface area (Å²) in [5, 5.41) is 8.00. The molecule has 0 aliphatic carbocycles. The van der Waals surface area contributed by atoms with Gasteiger partial charge in [0.25, 0.3) is 0 Å². The first-order valence-corrected chi connectivity index (χ1v) is 7.78. The smallest absolute Gasteiger partial charge is 0.237 e. The van der Waals surface area contributed by atoms with Gasteiger partial charge in [0.1, 0.15) is 11.5 Å². The Bertz CT molecular complexity index is 843. The van der Waals surface area contributed by atoms with Gasteiger partial charge in [0.2, 0.25) is 5.88 Å². The summed E-state index contributed by atoms with van der Waals surface area (Å²) in [6.45, 7) is 3.13. The highest BCUT2D eigenvalue weighted by atomic mass is 16.5. The molecule has 4 rings (SSSR count). The SMILES string of the molecule is COc1ncccc1Nc1cnc2ccc(N3CCOCC3)nn12. The van der Waals surface area contributed by atoms with Crippen LogP contribution in [0, 0.1) is 0 Å². The summed E-state index contributed by atoms with van der Waals surface area (Å²) in [6.07, 6.45) is 3.44. The number of anilines is 3. The normalized spacial score (nSPS) is 14.8. The van der Waals surface area contributed by atoms with E-state index in [4.69, 9.17) is 14.6 Å². The number of methoxy groups -OCH3 is 1. The zero-order valence-electron chi connectivity index (χ0n) is 13.3. The van der Waals surface area contributed by atoms with Gasteiger partial charge in [0, 0.05) is 19.3 Å². The highest BCUT2D eigenvalue weighted by Gasteiger charge is 2.15. The fourth-order valence-electron chi connectivity index (χ4n) is 2.70. The maximum absolute atomic E-state index is 5.40. The van der Waals surface area contributed by atoms with Crippen molar-refractivity contribution in [3.05, 3.63) is 36.7 Å². The van der Waals surface area contributed by atoms with Gasteiger partial charge in [0.15, 0.2) is 11.5 Å². The number of ether oxygens (including phenoxy) is 2. The average molecular weight is 326 g/mol. The monoisotopic (exact) mass is 326 g/mol. The predicted molar refractivity (Wildman–Crippen MR) is 90.1 cm³/mol. The molecule has 24 heavy (non-hydrogen) atoms. The van der Waals surface area contributed by atoms with Gasteiger partial charge >= 0.3 is 0 Å². The van der Waals surface area contributed by atoms with Crippen molar-refractivity contribution in [2.75, 3.05) is 43.6 Å². The summed E-state index contributed by atoms with van der Waals surface area (Å²) in [5.74, 6) is 2.19. The number of morpholine rings is 1. The van der Waals surface area contributed by atoms with Gasteiger partial charge in [-0.25, -0.2) is 9.97 Å². The fraction of sp³-hybridized carbons (Fsp3) is 0.312. The Morgan fingerprint density at radius 1 is 1.17 bits per heavy atom. The Labute approximate surface area is 139 Å². The number of rotatable bonds is 4. The number of nitrogens with zero attached hydrogens (tertiary/aromatic N) is 5. The molecule has 1 fully saturated rings. The number of hydrogen-bond donors (Lipinski definition) is 1. The molecule has 3 aromatic heterocycles. The number of imidazole rings is 1. The van der Waals surface area contributed by atoms with Gasteiger partial charge in [0.05, 0.1) is 26.5 Å². The Morgan fingerprint density at radius 2 is 2.04 bits per heavy atom. The summed E-state index contributed by atoms with van der Waals surface area (Å²) >= 11 is 0. The lowest BCUT2D eigenvalue weighted by atomic mass is 10.4. The third kappa shape index (κ3) is 2.71. The summed E-state index contributed by atoms with van der Waals surface area (Å²) in [6, 6.07) is 7.70. The van der Waals surface area contributed by atoms with Crippen LogP contribution in [0.2, 0.25) is 0 Å². The minimum atomic E-state index is 0.525. The van der Waals surface area contributed by atoms with Crippen molar-refractivity contribution in [3.63, 3.8) is 0 Å². The lowest BCUT2D eigenvalue weighted by molar-refractivity contribution is 0.122. The zero-order chi connectivity index (χ0) is 16.4. The van der Waals surface area contributed by atoms with Crippen molar-refractivity contribution in [2.24, 2.45) is 0 Å². The van der Waals surface area contributed by atoms with Gasteiger partial charge in [-0.15, -0.1) is 5.10 Å². The van der Waals surface area contributed by atoms with E-state index in [1.807, 2.05) is 24.3 Å². The van der Waals surface area contributed by atoms with Crippen LogP contribution < -0.4 is 15.0 Å². The molecule has 8 heteroatoms. The van der Waals surface area contributed by atoms with Gasteiger partial charge in [-0.3, -0.25) is 0 Å². The van der Waals surface area contributed by atoms with E-state index in [0.717, 1.165) is 49.3 Å². The molecular formula is C16H18N6O2. The Kier molecular flexibility index (Phi) is 3.87. The van der Waals surface area contributed by atoms with Gasteiger partial charge in [-0.1, -0.05) is 0 Å². The molecule has 1 aliphatic heterocycles. The molecule has 3 aromatic rings. The van der Waals surface area contributed by atoms with Crippen molar-refractivity contribution < 1.29 is 9.47 Å². The highest BCUT2D eigenvalue weighted by molar-refractivity contribution is 5.64. The molecule has 0 spiro atoms. The molecular weight excluding hydrogens is 308 g/mol. The highest BCUT2D eigenvalue weighted by Crippen LogP contribution is 2.25. The Hall–Kier alpha value is -2.87. The summed E-state index contributed by atoms with van der Waals surface area (Å²) in [4.78, 5) is 10.8. The van der Waals surface area contributed by atoms with E-state index < -0.39 is 0 Å². The maximum atomic E-state index is 5.40. The number of nitrogens with one attached hydrogen (secondary N) is 1. The van der Waals surface area contributed by atoms with Crippen LogP contribution in [-0.4, -0.2) is 53.0 Å². The van der Waals surface area contributed by atoms with Crippen LogP contribution in [0.1, 0.15) is 0 Å². The summed E-state index contributed by atoms with van der Waals surface area (Å²) < 4.78 is 12.5. The second-order valence-electron chi connectivity index (χ2n) is 5.39. The first kappa shape index (κ1) is 14.7. The molecule has 1 N–H and O–H groups in total. The molecule has 0 amide bonds. The fourth-order valence-corrected chi connectivity index (χ4v) is 2.70. The van der Waals surface area contributed by atoms with E-state index in [1.165, 1.54) is 0 Å². The van der Waals surface area contributed by atoms with E-state index in [0.29, 0.717) is 5.88 Å². The van der Waals surface area contributed by atoms with Crippen molar-refractivity contribution in [2.45, 2.75) is 0 Å². The molecule has 1 aliphatic rings. The Morgan fingerprint density at radius 3 is 2.88 bits per heavy atom. The van der Waals surface area contributed by atoms with Crippen LogP contribution >= 0.6 is 0 Å². The van der Waals surface area contributed by atoms with Crippen LogP contribution in [0.25, 0.3) is 5.65 Å². The van der Waals surface area contributed by atoms with Crippen LogP contribution in [0.3, 0.4) is 0 Å². The van der Waals surface area contributed by atoms with Crippen molar-refractivity contribution >= 4 is 23.0 Å². The van der Waals surface area contributed by atoms with Gasteiger partial charge in [-0.2, -0.15) is 4.52 Å². The van der Waals surface area contributed by atoms with Crippen molar-refractivity contribution in [1.29, 1.82) is 0 Å². The minimum absolute atomic E-state index is 0.525. The largest absolute Gasteiger partial charge is 0.480 e. The maximum Gasteiger partial charge on any atom is 0.237 e. The molecule has 1 saturated heterocycles. The zero-order valence-corrected chi connectivity index (χ0v) is 13.3. The van der Waals surface area contributed by atoms with Crippen LogP contribution in [0.4, 0.5) is 17.3 Å². The van der Waals surface area contributed by atoms with Crippen LogP contribution in [-0.2, 0) is 4.74 Å². The molecule has 8 nitrogen and oxygen atoms in total. The van der Waals surface area contributed by atoms with Crippen LogP contribution in [0.5, 0.6) is 5.88 Å². The van der Waals surface area contributed by atoms with E-state index >= 15 is 0 Å². The van der Waals surface area contributed by atoms with Crippen molar-refractivity contribution in [3.8, 4) is 5.88 Å². The second-order valence-corrected chi connectivity index (χ2v) is 5.39. The summed E-state index contributed by atoms with van der Waals surface area (Å²) in [7, 11) is 1.59. The number of aromatic nitrogens is 4. The molecule has 4 heterocycles. The van der Waals surface area contributed by atoms with E-state index in [-0.39, 0.29) is 0 Å². The van der Waals surface area contributed by atoms with Crippen molar-refractivity contribution in [1.82, 2.24) is 19.6 Å². The number of hydrogen-bond acceptors (Lipinski definition) is 7. The van der Waals surface area contributed by atoms with E-state index in [9.17, 15) is 0 Å². The third-order valence-electron chi connectivity index (χ3n) is 3.91. The van der Waals surface area contributed by atoms with Gasteiger partial charge in [-0.05, 0) is 24.3 Å². The minimum Gasteiger partial charge on any atom is -0.480 e. The molecule has 124 valence electrons. The molecule has 0 bridgehead atoms.